The molecule has 0 radical (unpaired) electrons. The van der Waals surface area contributed by atoms with Crippen molar-refractivity contribution in [1.82, 2.24) is 0 Å². The quantitative estimate of drug-likeness (QED) is 0.665. The molecule has 1 heteroatoms. The Morgan fingerprint density at radius 2 is 2.08 bits per heavy atom. The van der Waals surface area contributed by atoms with Gasteiger partial charge in [-0.25, -0.2) is 0 Å². The van der Waals surface area contributed by atoms with Crippen LogP contribution < -0.4 is 0 Å². The molecule has 0 bridgehead atoms. The zero-order valence-electron chi connectivity index (χ0n) is 8.92. The predicted molar refractivity (Wildman–Crippen MR) is 56.6 cm³/mol. The van der Waals surface area contributed by atoms with Crippen LogP contribution in [0.25, 0.3) is 0 Å². The van der Waals surface area contributed by atoms with Crippen molar-refractivity contribution < 1.29 is 5.11 Å². The highest BCUT2D eigenvalue weighted by atomic mass is 16.3. The zero-order valence-corrected chi connectivity index (χ0v) is 8.92. The summed E-state index contributed by atoms with van der Waals surface area (Å²) < 4.78 is 0. The molecule has 0 aromatic rings. The molecule has 1 aliphatic carbocycles. The van der Waals surface area contributed by atoms with Crippen LogP contribution in [0, 0.1) is 11.8 Å². The first kappa shape index (κ1) is 10.8. The number of aliphatic hydroxyl groups excluding tert-OH is 1. The van der Waals surface area contributed by atoms with Crippen LogP contribution in [-0.2, 0) is 0 Å². The number of hydrogen-bond donors (Lipinski definition) is 1. The Hall–Kier alpha value is -0.300. The number of rotatable bonds is 3. The Morgan fingerprint density at radius 3 is 2.62 bits per heavy atom. The molecule has 1 rings (SSSR count). The number of hydrogen-bond acceptors (Lipinski definition) is 1. The van der Waals surface area contributed by atoms with Gasteiger partial charge in [0.05, 0.1) is 6.10 Å². The fourth-order valence-electron chi connectivity index (χ4n) is 2.42. The second-order valence-electron chi connectivity index (χ2n) is 4.65. The lowest BCUT2D eigenvalue weighted by molar-refractivity contribution is 0.0541. The van der Waals surface area contributed by atoms with Gasteiger partial charge in [0, 0.05) is 0 Å². The van der Waals surface area contributed by atoms with E-state index in [1.807, 2.05) is 6.92 Å². The molecule has 1 unspecified atom stereocenters. The summed E-state index contributed by atoms with van der Waals surface area (Å²) in [4.78, 5) is 0. The van der Waals surface area contributed by atoms with Crippen molar-refractivity contribution in [2.75, 3.05) is 0 Å². The minimum absolute atomic E-state index is 0.146. The highest BCUT2D eigenvalue weighted by Gasteiger charge is 2.27. The molecule has 1 N–H and O–H groups in total. The van der Waals surface area contributed by atoms with Crippen LogP contribution in [0.2, 0.25) is 0 Å². The van der Waals surface area contributed by atoms with Crippen LogP contribution >= 0.6 is 0 Å². The average Bonchev–Trinajstić information content (AvgIpc) is 2.03. The summed E-state index contributed by atoms with van der Waals surface area (Å²) in [6.07, 6.45) is 5.77. The smallest absolute Gasteiger partial charge is 0.0607 e. The van der Waals surface area contributed by atoms with Crippen molar-refractivity contribution in [2.45, 2.75) is 52.1 Å². The van der Waals surface area contributed by atoms with Crippen LogP contribution in [0.3, 0.4) is 0 Å². The van der Waals surface area contributed by atoms with Gasteiger partial charge >= 0.3 is 0 Å². The molecule has 0 heterocycles. The van der Waals surface area contributed by atoms with Gasteiger partial charge in [0.2, 0.25) is 0 Å². The molecule has 0 spiro atoms. The van der Waals surface area contributed by atoms with Crippen molar-refractivity contribution in [2.24, 2.45) is 11.8 Å². The van der Waals surface area contributed by atoms with Gasteiger partial charge in [-0.2, -0.15) is 0 Å². The zero-order chi connectivity index (χ0) is 9.84. The second kappa shape index (κ2) is 4.80. The largest absolute Gasteiger partial charge is 0.392 e. The molecule has 13 heavy (non-hydrogen) atoms. The third kappa shape index (κ3) is 3.15. The predicted octanol–water partition coefficient (Wildman–Crippen LogP) is 3.14. The fraction of sp³-hybridized carbons (Fsp3) is 0.833. The summed E-state index contributed by atoms with van der Waals surface area (Å²) in [6.45, 7) is 8.12. The van der Waals surface area contributed by atoms with Crippen LogP contribution in [0.1, 0.15) is 46.0 Å². The van der Waals surface area contributed by atoms with Crippen molar-refractivity contribution in [3.05, 3.63) is 12.2 Å². The lowest BCUT2D eigenvalue weighted by Gasteiger charge is -2.32. The first-order valence-electron chi connectivity index (χ1n) is 5.43. The van der Waals surface area contributed by atoms with Gasteiger partial charge in [-0.1, -0.05) is 31.8 Å². The monoisotopic (exact) mass is 182 g/mol. The van der Waals surface area contributed by atoms with Gasteiger partial charge < -0.3 is 5.11 Å². The third-order valence-electron chi connectivity index (χ3n) is 3.23. The van der Waals surface area contributed by atoms with Gasteiger partial charge in [-0.3, -0.25) is 0 Å². The van der Waals surface area contributed by atoms with Crippen LogP contribution in [0.4, 0.5) is 0 Å². The van der Waals surface area contributed by atoms with Crippen molar-refractivity contribution >= 4 is 0 Å². The van der Waals surface area contributed by atoms with Crippen LogP contribution in [-0.4, -0.2) is 11.2 Å². The normalized spacial score (nSPS) is 31.3. The highest BCUT2D eigenvalue weighted by molar-refractivity contribution is 4.93. The fourth-order valence-corrected chi connectivity index (χ4v) is 2.42. The van der Waals surface area contributed by atoms with Gasteiger partial charge in [0.1, 0.15) is 0 Å². The average molecular weight is 182 g/mol. The molecular formula is C12H22O. The summed E-state index contributed by atoms with van der Waals surface area (Å²) in [5.41, 5.74) is 1.10. The SMILES string of the molecule is C=C(C)CC(O)[C@@H]1CCCC[C@H]1C. The van der Waals surface area contributed by atoms with Gasteiger partial charge in [-0.15, -0.1) is 6.58 Å². The van der Waals surface area contributed by atoms with E-state index in [0.717, 1.165) is 12.0 Å². The summed E-state index contributed by atoms with van der Waals surface area (Å²) in [5.74, 6) is 1.22. The Kier molecular flexibility index (Phi) is 3.98. The Balaban J connectivity index is 2.43. The maximum atomic E-state index is 9.95. The number of aliphatic hydroxyl groups is 1. The second-order valence-corrected chi connectivity index (χ2v) is 4.65. The Morgan fingerprint density at radius 1 is 1.46 bits per heavy atom. The van der Waals surface area contributed by atoms with E-state index < -0.39 is 0 Å². The Bertz CT molecular complexity index is 174. The molecule has 0 amide bonds. The molecule has 1 aliphatic rings. The lowest BCUT2D eigenvalue weighted by Crippen LogP contribution is -2.29. The van der Waals surface area contributed by atoms with Gasteiger partial charge in [0.15, 0.2) is 0 Å². The Labute approximate surface area is 81.9 Å². The minimum atomic E-state index is -0.146. The first-order valence-corrected chi connectivity index (χ1v) is 5.43. The summed E-state index contributed by atoms with van der Waals surface area (Å²) in [7, 11) is 0. The minimum Gasteiger partial charge on any atom is -0.392 e. The molecule has 76 valence electrons. The first-order chi connectivity index (χ1) is 6.11. The van der Waals surface area contributed by atoms with E-state index in [9.17, 15) is 5.11 Å². The van der Waals surface area contributed by atoms with Gasteiger partial charge in [0.25, 0.3) is 0 Å². The topological polar surface area (TPSA) is 20.2 Å². The maximum absolute atomic E-state index is 9.95. The molecule has 0 aromatic carbocycles. The van der Waals surface area contributed by atoms with Crippen molar-refractivity contribution in [3.63, 3.8) is 0 Å². The van der Waals surface area contributed by atoms with E-state index in [0.29, 0.717) is 11.8 Å². The van der Waals surface area contributed by atoms with E-state index in [4.69, 9.17) is 0 Å². The molecule has 0 saturated heterocycles. The van der Waals surface area contributed by atoms with E-state index in [1.54, 1.807) is 0 Å². The van der Waals surface area contributed by atoms with Crippen molar-refractivity contribution in [1.29, 1.82) is 0 Å². The maximum Gasteiger partial charge on any atom is 0.0607 e. The van der Waals surface area contributed by atoms with E-state index in [2.05, 4.69) is 13.5 Å². The lowest BCUT2D eigenvalue weighted by atomic mass is 9.76. The summed E-state index contributed by atoms with van der Waals surface area (Å²) in [5, 5.41) is 9.95. The highest BCUT2D eigenvalue weighted by Crippen LogP contribution is 2.33. The molecule has 1 saturated carbocycles. The molecule has 0 aromatic heterocycles. The van der Waals surface area contributed by atoms with Crippen LogP contribution in [0.15, 0.2) is 12.2 Å². The van der Waals surface area contributed by atoms with E-state index in [-0.39, 0.29) is 6.10 Å². The standard InChI is InChI=1S/C12H22O/c1-9(2)8-12(13)11-7-5-4-6-10(11)3/h10-13H,1,4-8H2,2-3H3/t10-,11-,12?/m1/s1. The van der Waals surface area contributed by atoms with Crippen LogP contribution in [0.5, 0.6) is 0 Å². The van der Waals surface area contributed by atoms with Gasteiger partial charge in [-0.05, 0) is 31.6 Å². The molecular weight excluding hydrogens is 160 g/mol. The van der Waals surface area contributed by atoms with E-state index >= 15 is 0 Å². The van der Waals surface area contributed by atoms with Crippen molar-refractivity contribution in [3.8, 4) is 0 Å². The molecule has 0 aliphatic heterocycles. The summed E-state index contributed by atoms with van der Waals surface area (Å²) >= 11 is 0. The molecule has 3 atom stereocenters. The molecule has 1 nitrogen and oxygen atoms in total. The summed E-state index contributed by atoms with van der Waals surface area (Å²) in [6, 6.07) is 0. The van der Waals surface area contributed by atoms with E-state index in [1.165, 1.54) is 25.7 Å². The molecule has 1 fully saturated rings. The third-order valence-corrected chi connectivity index (χ3v) is 3.23.